The van der Waals surface area contributed by atoms with Crippen LogP contribution in [0.1, 0.15) is 34.6 Å². The number of nitriles is 1. The Morgan fingerprint density at radius 2 is 1.12 bits per heavy atom. The van der Waals surface area contributed by atoms with Crippen LogP contribution in [-0.2, 0) is 0 Å². The summed E-state index contributed by atoms with van der Waals surface area (Å²) in [6.45, 7) is 3.81. The first-order valence-corrected chi connectivity index (χ1v) is 19.3. The van der Waals surface area contributed by atoms with Crippen LogP contribution in [-0.4, -0.2) is 0 Å². The van der Waals surface area contributed by atoms with Gasteiger partial charge in [0.2, 0.25) is 0 Å². The normalized spacial score (nSPS) is 14.2. The van der Waals surface area contributed by atoms with E-state index >= 15 is 0 Å². The van der Waals surface area contributed by atoms with Crippen molar-refractivity contribution in [3.8, 4) is 28.3 Å². The highest BCUT2D eigenvalue weighted by Gasteiger charge is 2.15. The van der Waals surface area contributed by atoms with Gasteiger partial charge in [-0.05, 0) is 135 Å². The largest absolute Gasteiger partial charge is 0.192 e. The first kappa shape index (κ1) is 33.3. The fraction of sp³-hybridized carbons (Fsp3) is 0.0364. The Balaban J connectivity index is 0.943. The maximum Gasteiger partial charge on any atom is 0.0992 e. The lowest BCUT2D eigenvalue weighted by molar-refractivity contribution is 0.857. The molecule has 56 heavy (non-hydrogen) atoms. The van der Waals surface area contributed by atoms with E-state index in [-0.39, 0.29) is 0 Å². The number of hydrogen-bond donors (Lipinski definition) is 0. The molecule has 0 radical (unpaired) electrons. The molecule has 262 valence electrons. The number of benzene rings is 9. The van der Waals surface area contributed by atoms with Crippen LogP contribution < -0.4 is 0 Å². The molecule has 10 rings (SSSR count). The molecule has 1 unspecified atom stereocenters. The Kier molecular flexibility index (Phi) is 8.24. The lowest BCUT2D eigenvalue weighted by Gasteiger charge is -2.19. The predicted octanol–water partition coefficient (Wildman–Crippen LogP) is 15.0. The number of hydrogen-bond acceptors (Lipinski definition) is 1. The van der Waals surface area contributed by atoms with Gasteiger partial charge in [0.15, 0.2) is 0 Å². The van der Waals surface area contributed by atoms with Gasteiger partial charge in [-0.1, -0.05) is 170 Å². The van der Waals surface area contributed by atoms with Gasteiger partial charge in [-0.25, -0.2) is 0 Å². The van der Waals surface area contributed by atoms with Crippen LogP contribution >= 0.6 is 0 Å². The van der Waals surface area contributed by atoms with Gasteiger partial charge in [0, 0.05) is 5.92 Å². The summed E-state index contributed by atoms with van der Waals surface area (Å²) in [6.07, 6.45) is 13.7. The van der Waals surface area contributed by atoms with Crippen molar-refractivity contribution >= 4 is 65.5 Å². The molecule has 1 aliphatic carbocycles. The van der Waals surface area contributed by atoms with E-state index in [4.69, 9.17) is 0 Å². The van der Waals surface area contributed by atoms with Crippen LogP contribution in [0.2, 0.25) is 0 Å². The maximum atomic E-state index is 9.76. The zero-order chi connectivity index (χ0) is 37.6. The van der Waals surface area contributed by atoms with E-state index in [1.54, 1.807) is 6.08 Å². The van der Waals surface area contributed by atoms with Gasteiger partial charge in [-0.3, -0.25) is 0 Å². The standard InChI is InChI=1S/C55H37N/c1-2-3-10-45-29-36(35-56)30-54-47(45)27-25-46-33-43(23-26-48(46)54)42-14-9-13-41(32-42)40-12-8-11-39(31-40)37-19-21-38(22-20-37)44-24-28-53-51-17-5-4-15-49(51)50-16-6-7-18-52(50)55(53)34-44/h2-10,12-34,39H,1,11H2/b10-3-. The SMILES string of the molecule is C=C/C=C\c1cc(C#N)cc2c1ccc1cc(-c3cccc(C4=CC(c5ccc(-c6ccc7c8ccccc8c8ccccc8c7c6)cc5)CC=C4)c3)ccc12. The summed E-state index contributed by atoms with van der Waals surface area (Å²) in [5.41, 5.74) is 10.3. The maximum absolute atomic E-state index is 9.76. The predicted molar refractivity (Wildman–Crippen MR) is 240 cm³/mol. The number of rotatable bonds is 6. The van der Waals surface area contributed by atoms with E-state index in [0.29, 0.717) is 11.5 Å². The summed E-state index contributed by atoms with van der Waals surface area (Å²) < 4.78 is 0. The van der Waals surface area contributed by atoms with E-state index < -0.39 is 0 Å². The Bertz CT molecular complexity index is 3150. The van der Waals surface area contributed by atoms with Gasteiger partial charge in [0.05, 0.1) is 11.6 Å². The summed E-state index contributed by atoms with van der Waals surface area (Å²) in [5, 5.41) is 22.1. The van der Waals surface area contributed by atoms with Crippen LogP contribution in [0, 0.1) is 11.3 Å². The average Bonchev–Trinajstić information content (AvgIpc) is 3.28. The second-order valence-corrected chi connectivity index (χ2v) is 14.8. The molecule has 0 saturated heterocycles. The molecule has 0 bridgehead atoms. The Labute approximate surface area is 327 Å². The van der Waals surface area contributed by atoms with Crippen molar-refractivity contribution in [1.82, 2.24) is 0 Å². The second-order valence-electron chi connectivity index (χ2n) is 14.8. The van der Waals surface area contributed by atoms with Crippen molar-refractivity contribution in [2.75, 3.05) is 0 Å². The lowest BCUT2D eigenvalue weighted by atomic mass is 9.86. The van der Waals surface area contributed by atoms with Crippen molar-refractivity contribution in [3.63, 3.8) is 0 Å². The molecule has 0 aromatic heterocycles. The molecule has 1 aliphatic rings. The molecule has 0 spiro atoms. The minimum Gasteiger partial charge on any atom is -0.192 e. The van der Waals surface area contributed by atoms with Crippen molar-refractivity contribution in [2.24, 2.45) is 0 Å². The molecular formula is C55H37N. The van der Waals surface area contributed by atoms with Gasteiger partial charge >= 0.3 is 0 Å². The Morgan fingerprint density at radius 1 is 0.518 bits per heavy atom. The Morgan fingerprint density at radius 3 is 1.86 bits per heavy atom. The molecular weight excluding hydrogens is 675 g/mol. The number of fused-ring (bicyclic) bond motifs is 9. The van der Waals surface area contributed by atoms with Gasteiger partial charge in [0.1, 0.15) is 0 Å². The lowest BCUT2D eigenvalue weighted by Crippen LogP contribution is -1.99. The molecule has 0 N–H and O–H groups in total. The van der Waals surface area contributed by atoms with Crippen molar-refractivity contribution in [3.05, 3.63) is 217 Å². The summed E-state index contributed by atoms with van der Waals surface area (Å²) in [6, 6.07) is 59.8. The van der Waals surface area contributed by atoms with Crippen molar-refractivity contribution in [2.45, 2.75) is 12.3 Å². The fourth-order valence-corrected chi connectivity index (χ4v) is 8.75. The van der Waals surface area contributed by atoms with E-state index in [1.807, 2.05) is 24.3 Å². The molecule has 9 aromatic carbocycles. The molecule has 9 aromatic rings. The van der Waals surface area contributed by atoms with E-state index in [0.717, 1.165) is 33.5 Å². The first-order chi connectivity index (χ1) is 27.6. The third-order valence-electron chi connectivity index (χ3n) is 11.5. The quantitative estimate of drug-likeness (QED) is 0.124. The van der Waals surface area contributed by atoms with Crippen LogP contribution in [0.5, 0.6) is 0 Å². The molecule has 1 atom stereocenters. The highest BCUT2D eigenvalue weighted by Crippen LogP contribution is 2.39. The van der Waals surface area contributed by atoms with Crippen LogP contribution in [0.4, 0.5) is 0 Å². The zero-order valence-corrected chi connectivity index (χ0v) is 30.9. The highest BCUT2D eigenvalue weighted by atomic mass is 14.2. The third kappa shape index (κ3) is 5.81. The number of nitrogens with zero attached hydrogens (tertiary/aromatic N) is 1. The summed E-state index contributed by atoms with van der Waals surface area (Å²) in [7, 11) is 0. The molecule has 0 aliphatic heterocycles. The van der Waals surface area contributed by atoms with E-state index in [2.05, 4.69) is 176 Å². The molecule has 1 heteroatoms. The van der Waals surface area contributed by atoms with Gasteiger partial charge < -0.3 is 0 Å². The van der Waals surface area contributed by atoms with Gasteiger partial charge in [-0.15, -0.1) is 0 Å². The van der Waals surface area contributed by atoms with Gasteiger partial charge in [-0.2, -0.15) is 5.26 Å². The molecule has 0 heterocycles. The highest BCUT2D eigenvalue weighted by molar-refractivity contribution is 6.25. The van der Waals surface area contributed by atoms with Crippen LogP contribution in [0.25, 0.3) is 87.8 Å². The van der Waals surface area contributed by atoms with Crippen LogP contribution in [0.15, 0.2) is 195 Å². The Hall–Kier alpha value is -7.27. The molecule has 1 nitrogen and oxygen atoms in total. The average molecular weight is 712 g/mol. The van der Waals surface area contributed by atoms with Crippen molar-refractivity contribution in [1.29, 1.82) is 5.26 Å². The topological polar surface area (TPSA) is 23.8 Å². The van der Waals surface area contributed by atoms with Crippen LogP contribution in [0.3, 0.4) is 0 Å². The first-order valence-electron chi connectivity index (χ1n) is 19.3. The number of allylic oxidation sites excluding steroid dienone is 6. The van der Waals surface area contributed by atoms with Gasteiger partial charge in [0.25, 0.3) is 0 Å². The minimum absolute atomic E-state index is 0.304. The monoisotopic (exact) mass is 711 g/mol. The van der Waals surface area contributed by atoms with E-state index in [1.165, 1.54) is 71.3 Å². The third-order valence-corrected chi connectivity index (χ3v) is 11.5. The summed E-state index contributed by atoms with van der Waals surface area (Å²) in [5.74, 6) is 0.304. The van der Waals surface area contributed by atoms with Crippen molar-refractivity contribution < 1.29 is 0 Å². The molecule has 0 amide bonds. The molecule has 0 fully saturated rings. The summed E-state index contributed by atoms with van der Waals surface area (Å²) in [4.78, 5) is 0. The smallest absolute Gasteiger partial charge is 0.0992 e. The second kappa shape index (κ2) is 13.9. The fourth-order valence-electron chi connectivity index (χ4n) is 8.75. The molecule has 0 saturated carbocycles. The van der Waals surface area contributed by atoms with E-state index in [9.17, 15) is 5.26 Å². The minimum atomic E-state index is 0.304. The zero-order valence-electron chi connectivity index (χ0n) is 30.9. The summed E-state index contributed by atoms with van der Waals surface area (Å²) >= 11 is 0.